The predicted molar refractivity (Wildman–Crippen MR) is 68.9 cm³/mol. The highest BCUT2D eigenvalue weighted by atomic mass is 19.4. The first-order valence-corrected chi connectivity index (χ1v) is 5.89. The molecule has 0 fully saturated rings. The summed E-state index contributed by atoms with van der Waals surface area (Å²) in [5.74, 6) is -0.0504. The molecule has 2 aromatic heterocycles. The second kappa shape index (κ2) is 4.65. The molecule has 0 aliphatic heterocycles. The highest BCUT2D eigenvalue weighted by Gasteiger charge is 2.31. The standard InChI is InChI=1S/C13H9F3N4O/c14-13(15,16)9-3-1-2-7(4-9)10-11(20-21-12(10)17)8-5-18-19-6-8/h1-6H,17H2,(H,18,19). The number of alkyl halides is 3. The predicted octanol–water partition coefficient (Wildman–Crippen LogP) is 3.33. The lowest BCUT2D eigenvalue weighted by molar-refractivity contribution is -0.137. The maximum absolute atomic E-state index is 12.8. The zero-order valence-electron chi connectivity index (χ0n) is 10.5. The van der Waals surface area contributed by atoms with E-state index in [1.54, 1.807) is 6.20 Å². The van der Waals surface area contributed by atoms with E-state index in [0.29, 0.717) is 16.8 Å². The van der Waals surface area contributed by atoms with Crippen LogP contribution in [-0.4, -0.2) is 15.4 Å². The van der Waals surface area contributed by atoms with Crippen molar-refractivity contribution in [3.63, 3.8) is 0 Å². The molecule has 21 heavy (non-hydrogen) atoms. The van der Waals surface area contributed by atoms with Crippen molar-refractivity contribution in [1.82, 2.24) is 15.4 Å². The third kappa shape index (κ3) is 2.35. The van der Waals surface area contributed by atoms with Gasteiger partial charge < -0.3 is 10.3 Å². The van der Waals surface area contributed by atoms with Crippen molar-refractivity contribution in [1.29, 1.82) is 0 Å². The molecule has 8 heteroatoms. The molecule has 3 N–H and O–H groups in total. The smallest absolute Gasteiger partial charge is 0.367 e. The first-order valence-electron chi connectivity index (χ1n) is 5.89. The Morgan fingerprint density at radius 3 is 2.67 bits per heavy atom. The normalized spacial score (nSPS) is 11.8. The van der Waals surface area contributed by atoms with Gasteiger partial charge in [0.15, 0.2) is 0 Å². The molecule has 0 amide bonds. The van der Waals surface area contributed by atoms with Gasteiger partial charge in [-0.3, -0.25) is 5.10 Å². The maximum Gasteiger partial charge on any atom is 0.416 e. The zero-order chi connectivity index (χ0) is 15.0. The van der Waals surface area contributed by atoms with Crippen LogP contribution in [-0.2, 0) is 6.18 Å². The van der Waals surface area contributed by atoms with Gasteiger partial charge in [-0.15, -0.1) is 0 Å². The quantitative estimate of drug-likeness (QED) is 0.759. The molecular formula is C13H9F3N4O. The lowest BCUT2D eigenvalue weighted by Crippen LogP contribution is -2.04. The molecule has 0 aliphatic carbocycles. The van der Waals surface area contributed by atoms with Gasteiger partial charge in [-0.1, -0.05) is 17.3 Å². The number of hydrogen-bond donors (Lipinski definition) is 2. The Hall–Kier alpha value is -2.77. The maximum atomic E-state index is 12.8. The van der Waals surface area contributed by atoms with Crippen molar-refractivity contribution >= 4 is 5.88 Å². The highest BCUT2D eigenvalue weighted by molar-refractivity contribution is 5.86. The topological polar surface area (TPSA) is 80.7 Å². The van der Waals surface area contributed by atoms with E-state index in [-0.39, 0.29) is 11.4 Å². The molecule has 0 saturated heterocycles. The van der Waals surface area contributed by atoms with Crippen molar-refractivity contribution in [2.45, 2.75) is 6.18 Å². The van der Waals surface area contributed by atoms with Gasteiger partial charge in [0.2, 0.25) is 5.88 Å². The minimum atomic E-state index is -4.43. The van der Waals surface area contributed by atoms with Crippen molar-refractivity contribution in [3.8, 4) is 22.4 Å². The van der Waals surface area contributed by atoms with Crippen molar-refractivity contribution in [2.24, 2.45) is 0 Å². The Kier molecular flexibility index (Phi) is 2.93. The van der Waals surface area contributed by atoms with Gasteiger partial charge in [-0.05, 0) is 17.7 Å². The number of nitrogens with zero attached hydrogens (tertiary/aromatic N) is 2. The SMILES string of the molecule is Nc1onc(-c2cn[nH]c2)c1-c1cccc(C(F)(F)F)c1. The van der Waals surface area contributed by atoms with E-state index in [9.17, 15) is 13.2 Å². The van der Waals surface area contributed by atoms with Gasteiger partial charge in [0.05, 0.1) is 17.3 Å². The van der Waals surface area contributed by atoms with Crippen molar-refractivity contribution in [2.75, 3.05) is 5.73 Å². The summed E-state index contributed by atoms with van der Waals surface area (Å²) in [5, 5.41) is 10.2. The van der Waals surface area contributed by atoms with E-state index in [2.05, 4.69) is 15.4 Å². The van der Waals surface area contributed by atoms with Crippen molar-refractivity contribution < 1.29 is 17.7 Å². The molecule has 1 aromatic carbocycles. The first kappa shape index (κ1) is 13.2. The number of anilines is 1. The Bertz CT molecular complexity index is 762. The number of nitrogens with one attached hydrogen (secondary N) is 1. The average Bonchev–Trinajstić information content (AvgIpc) is 3.06. The number of hydrogen-bond acceptors (Lipinski definition) is 4. The summed E-state index contributed by atoms with van der Waals surface area (Å²) in [6, 6.07) is 4.82. The van der Waals surface area contributed by atoms with E-state index >= 15 is 0 Å². The van der Waals surface area contributed by atoms with Crippen LogP contribution < -0.4 is 5.73 Å². The largest absolute Gasteiger partial charge is 0.416 e. The molecule has 0 spiro atoms. The summed E-state index contributed by atoms with van der Waals surface area (Å²) in [6.07, 6.45) is -1.40. The van der Waals surface area contributed by atoms with E-state index in [4.69, 9.17) is 10.3 Å². The molecular weight excluding hydrogens is 285 g/mol. The Morgan fingerprint density at radius 2 is 2.00 bits per heavy atom. The number of benzene rings is 1. The fourth-order valence-corrected chi connectivity index (χ4v) is 2.01. The number of nitrogen functional groups attached to an aromatic ring is 1. The molecule has 2 heterocycles. The third-order valence-corrected chi connectivity index (χ3v) is 2.97. The van der Waals surface area contributed by atoms with Gasteiger partial charge in [-0.25, -0.2) is 0 Å². The molecule has 0 unspecified atom stereocenters. The van der Waals surface area contributed by atoms with E-state index in [0.717, 1.165) is 12.1 Å². The van der Waals surface area contributed by atoms with Crippen LogP contribution in [0.25, 0.3) is 22.4 Å². The van der Waals surface area contributed by atoms with Gasteiger partial charge >= 0.3 is 6.18 Å². The van der Waals surface area contributed by atoms with Crippen molar-refractivity contribution in [3.05, 3.63) is 42.2 Å². The van der Waals surface area contributed by atoms with Crippen LogP contribution in [0, 0.1) is 0 Å². The molecule has 0 bridgehead atoms. The molecule has 3 rings (SSSR count). The second-order valence-corrected chi connectivity index (χ2v) is 4.34. The van der Waals surface area contributed by atoms with Gasteiger partial charge in [0.1, 0.15) is 5.69 Å². The van der Waals surface area contributed by atoms with Crippen LogP contribution >= 0.6 is 0 Å². The average molecular weight is 294 g/mol. The Morgan fingerprint density at radius 1 is 1.19 bits per heavy atom. The highest BCUT2D eigenvalue weighted by Crippen LogP contribution is 2.38. The molecule has 3 aromatic rings. The Labute approximate surface area is 116 Å². The molecule has 0 saturated carbocycles. The molecule has 0 aliphatic rings. The van der Waals surface area contributed by atoms with Crippen LogP contribution in [0.4, 0.5) is 19.1 Å². The third-order valence-electron chi connectivity index (χ3n) is 2.97. The lowest BCUT2D eigenvalue weighted by Gasteiger charge is -2.08. The van der Waals surface area contributed by atoms with Crippen LogP contribution in [0.5, 0.6) is 0 Å². The second-order valence-electron chi connectivity index (χ2n) is 4.34. The number of nitrogens with two attached hydrogens (primary N) is 1. The Balaban J connectivity index is 2.16. The minimum absolute atomic E-state index is 0.0504. The van der Waals surface area contributed by atoms with E-state index < -0.39 is 11.7 Å². The number of aromatic amines is 1. The summed E-state index contributed by atoms with van der Waals surface area (Å²) in [5.41, 5.74) is 6.42. The summed E-state index contributed by atoms with van der Waals surface area (Å²) >= 11 is 0. The zero-order valence-corrected chi connectivity index (χ0v) is 10.5. The number of halogens is 3. The monoisotopic (exact) mass is 294 g/mol. The van der Waals surface area contributed by atoms with E-state index in [1.807, 2.05) is 0 Å². The number of rotatable bonds is 2. The minimum Gasteiger partial charge on any atom is -0.367 e. The van der Waals surface area contributed by atoms with Gasteiger partial charge in [0, 0.05) is 11.8 Å². The number of H-pyrrole nitrogens is 1. The molecule has 0 atom stereocenters. The first-order chi connectivity index (χ1) is 9.97. The van der Waals surface area contributed by atoms with Crippen LogP contribution in [0.15, 0.2) is 41.2 Å². The molecule has 5 nitrogen and oxygen atoms in total. The fraction of sp³-hybridized carbons (Fsp3) is 0.0769. The van der Waals surface area contributed by atoms with Crippen LogP contribution in [0.2, 0.25) is 0 Å². The number of aromatic nitrogens is 3. The molecule has 108 valence electrons. The molecule has 0 radical (unpaired) electrons. The summed E-state index contributed by atoms with van der Waals surface area (Å²) in [4.78, 5) is 0. The van der Waals surface area contributed by atoms with Crippen LogP contribution in [0.1, 0.15) is 5.56 Å². The lowest BCUT2D eigenvalue weighted by atomic mass is 10.0. The van der Waals surface area contributed by atoms with E-state index in [1.165, 1.54) is 18.3 Å². The van der Waals surface area contributed by atoms with Gasteiger partial charge in [0.25, 0.3) is 0 Å². The summed E-state index contributed by atoms with van der Waals surface area (Å²) < 4.78 is 43.3. The fourth-order valence-electron chi connectivity index (χ4n) is 2.01. The van der Waals surface area contributed by atoms with Gasteiger partial charge in [-0.2, -0.15) is 18.3 Å². The summed E-state index contributed by atoms with van der Waals surface area (Å²) in [7, 11) is 0. The summed E-state index contributed by atoms with van der Waals surface area (Å²) in [6.45, 7) is 0. The van der Waals surface area contributed by atoms with Crippen LogP contribution in [0.3, 0.4) is 0 Å².